The van der Waals surface area contributed by atoms with E-state index >= 15 is 0 Å². The SMILES string of the molecule is Cn1nccc1CNC(=O)c1cc([N+](=O)[O-])ccc1Br. The molecule has 1 amide bonds. The molecule has 0 radical (unpaired) electrons. The summed E-state index contributed by atoms with van der Waals surface area (Å²) in [6.45, 7) is 0.296. The molecule has 8 heteroatoms. The Balaban J connectivity index is 2.15. The van der Waals surface area contributed by atoms with Crippen molar-refractivity contribution < 1.29 is 9.72 Å². The van der Waals surface area contributed by atoms with Gasteiger partial charge in [0.15, 0.2) is 0 Å². The van der Waals surface area contributed by atoms with E-state index in [-0.39, 0.29) is 17.2 Å². The van der Waals surface area contributed by atoms with Gasteiger partial charge in [0.05, 0.1) is 22.7 Å². The molecule has 7 nitrogen and oxygen atoms in total. The van der Waals surface area contributed by atoms with Crippen molar-refractivity contribution in [2.45, 2.75) is 6.54 Å². The predicted molar refractivity (Wildman–Crippen MR) is 75.2 cm³/mol. The molecule has 0 spiro atoms. The number of amides is 1. The molecule has 0 aliphatic carbocycles. The molecule has 1 aromatic heterocycles. The fourth-order valence-electron chi connectivity index (χ4n) is 1.64. The Morgan fingerprint density at radius 3 is 2.85 bits per heavy atom. The highest BCUT2D eigenvalue weighted by Crippen LogP contribution is 2.22. The minimum absolute atomic E-state index is 0.126. The Bertz CT molecular complexity index is 668. The lowest BCUT2D eigenvalue weighted by Crippen LogP contribution is -2.24. The number of nitro groups is 1. The van der Waals surface area contributed by atoms with Crippen LogP contribution in [0.2, 0.25) is 0 Å². The highest BCUT2D eigenvalue weighted by atomic mass is 79.9. The van der Waals surface area contributed by atoms with E-state index in [1.54, 1.807) is 24.0 Å². The second-order valence-electron chi connectivity index (χ2n) is 4.05. The average Bonchev–Trinajstić information content (AvgIpc) is 2.81. The van der Waals surface area contributed by atoms with Gasteiger partial charge in [-0.15, -0.1) is 0 Å². The van der Waals surface area contributed by atoms with E-state index < -0.39 is 4.92 Å². The standard InChI is InChI=1S/C12H11BrN4O3/c1-16-9(4-5-15-16)7-14-12(18)10-6-8(17(19)20)2-3-11(10)13/h2-6H,7H2,1H3,(H,14,18). The number of benzene rings is 1. The molecule has 1 heterocycles. The van der Waals surface area contributed by atoms with E-state index in [2.05, 4.69) is 26.3 Å². The summed E-state index contributed by atoms with van der Waals surface area (Å²) in [5, 5.41) is 17.4. The van der Waals surface area contributed by atoms with Crippen molar-refractivity contribution in [3.05, 3.63) is 56.3 Å². The number of aromatic nitrogens is 2. The predicted octanol–water partition coefficient (Wildman–Crippen LogP) is 2.02. The maximum atomic E-state index is 12.1. The Labute approximate surface area is 122 Å². The van der Waals surface area contributed by atoms with E-state index in [1.165, 1.54) is 18.2 Å². The quantitative estimate of drug-likeness (QED) is 0.682. The number of halogens is 1. The van der Waals surface area contributed by atoms with Crippen LogP contribution in [-0.4, -0.2) is 20.6 Å². The number of carbonyl (C=O) groups excluding carboxylic acids is 1. The third-order valence-corrected chi connectivity index (χ3v) is 3.45. The van der Waals surface area contributed by atoms with Crippen molar-refractivity contribution in [3.63, 3.8) is 0 Å². The number of aryl methyl sites for hydroxylation is 1. The van der Waals surface area contributed by atoms with Crippen LogP contribution in [-0.2, 0) is 13.6 Å². The second-order valence-corrected chi connectivity index (χ2v) is 4.90. The summed E-state index contributed by atoms with van der Waals surface area (Å²) < 4.78 is 2.15. The molecule has 1 N–H and O–H groups in total. The van der Waals surface area contributed by atoms with Crippen molar-refractivity contribution in [1.29, 1.82) is 0 Å². The van der Waals surface area contributed by atoms with Crippen LogP contribution in [0.3, 0.4) is 0 Å². The van der Waals surface area contributed by atoms with Crippen molar-refractivity contribution in [1.82, 2.24) is 15.1 Å². The Morgan fingerprint density at radius 1 is 1.50 bits per heavy atom. The van der Waals surface area contributed by atoms with Gasteiger partial charge in [-0.3, -0.25) is 19.6 Å². The lowest BCUT2D eigenvalue weighted by molar-refractivity contribution is -0.384. The monoisotopic (exact) mass is 338 g/mol. The topological polar surface area (TPSA) is 90.1 Å². The van der Waals surface area contributed by atoms with E-state index in [0.29, 0.717) is 11.0 Å². The highest BCUT2D eigenvalue weighted by Gasteiger charge is 2.15. The molecule has 0 atom stereocenters. The summed E-state index contributed by atoms with van der Waals surface area (Å²) in [5.74, 6) is -0.387. The van der Waals surface area contributed by atoms with Gasteiger partial charge in [-0.2, -0.15) is 5.10 Å². The fraction of sp³-hybridized carbons (Fsp3) is 0.167. The van der Waals surface area contributed by atoms with E-state index in [9.17, 15) is 14.9 Å². The summed E-state index contributed by atoms with van der Waals surface area (Å²) in [7, 11) is 1.77. The normalized spacial score (nSPS) is 10.3. The number of nitrogens with zero attached hydrogens (tertiary/aromatic N) is 3. The first-order valence-corrected chi connectivity index (χ1v) is 6.47. The van der Waals surface area contributed by atoms with E-state index in [1.807, 2.05) is 0 Å². The van der Waals surface area contributed by atoms with Crippen LogP contribution in [0.5, 0.6) is 0 Å². The molecule has 2 aromatic rings. The number of non-ortho nitro benzene ring substituents is 1. The summed E-state index contributed by atoms with van der Waals surface area (Å²) in [5.41, 5.74) is 0.931. The molecule has 0 fully saturated rings. The van der Waals surface area contributed by atoms with Crippen LogP contribution < -0.4 is 5.32 Å². The minimum Gasteiger partial charge on any atom is -0.346 e. The molecule has 0 aliphatic rings. The van der Waals surface area contributed by atoms with Gasteiger partial charge in [-0.25, -0.2) is 0 Å². The number of nitrogens with one attached hydrogen (secondary N) is 1. The van der Waals surface area contributed by atoms with Gasteiger partial charge in [-0.1, -0.05) is 0 Å². The van der Waals surface area contributed by atoms with Gasteiger partial charge in [0.2, 0.25) is 0 Å². The Kier molecular flexibility index (Phi) is 4.14. The second kappa shape index (κ2) is 5.83. The fourth-order valence-corrected chi connectivity index (χ4v) is 2.07. The largest absolute Gasteiger partial charge is 0.346 e. The van der Waals surface area contributed by atoms with Gasteiger partial charge in [0, 0.05) is 29.8 Å². The van der Waals surface area contributed by atoms with Crippen LogP contribution >= 0.6 is 15.9 Å². The van der Waals surface area contributed by atoms with Crippen LogP contribution in [0, 0.1) is 10.1 Å². The van der Waals surface area contributed by atoms with Gasteiger partial charge >= 0.3 is 0 Å². The lowest BCUT2D eigenvalue weighted by atomic mass is 10.2. The molecule has 0 saturated heterocycles. The maximum Gasteiger partial charge on any atom is 0.270 e. The first-order chi connectivity index (χ1) is 9.49. The molecule has 2 rings (SSSR count). The zero-order chi connectivity index (χ0) is 14.7. The first kappa shape index (κ1) is 14.2. The Hall–Kier alpha value is -2.22. The summed E-state index contributed by atoms with van der Waals surface area (Å²) in [6, 6.07) is 5.84. The number of nitro benzene ring substituents is 1. The number of carbonyl (C=O) groups is 1. The van der Waals surface area contributed by atoms with Gasteiger partial charge in [-0.05, 0) is 28.1 Å². The average molecular weight is 339 g/mol. The lowest BCUT2D eigenvalue weighted by Gasteiger charge is -2.07. The molecular weight excluding hydrogens is 328 g/mol. The zero-order valence-corrected chi connectivity index (χ0v) is 12.1. The molecule has 1 aromatic carbocycles. The van der Waals surface area contributed by atoms with Gasteiger partial charge < -0.3 is 5.32 Å². The first-order valence-electron chi connectivity index (χ1n) is 5.68. The van der Waals surface area contributed by atoms with Crippen LogP contribution in [0.4, 0.5) is 5.69 Å². The van der Waals surface area contributed by atoms with Crippen molar-refractivity contribution in [2.24, 2.45) is 7.05 Å². The third kappa shape index (κ3) is 3.02. The van der Waals surface area contributed by atoms with Crippen LogP contribution in [0.25, 0.3) is 0 Å². The molecule has 20 heavy (non-hydrogen) atoms. The highest BCUT2D eigenvalue weighted by molar-refractivity contribution is 9.10. The van der Waals surface area contributed by atoms with Crippen molar-refractivity contribution >= 4 is 27.5 Å². The third-order valence-electron chi connectivity index (χ3n) is 2.76. The number of rotatable bonds is 4. The molecule has 104 valence electrons. The summed E-state index contributed by atoms with van der Waals surface area (Å²) in [4.78, 5) is 22.2. The molecular formula is C12H11BrN4O3. The zero-order valence-electron chi connectivity index (χ0n) is 10.5. The molecule has 0 bridgehead atoms. The van der Waals surface area contributed by atoms with Crippen molar-refractivity contribution in [3.8, 4) is 0 Å². The summed E-state index contributed by atoms with van der Waals surface area (Å²) >= 11 is 3.21. The smallest absolute Gasteiger partial charge is 0.270 e. The summed E-state index contributed by atoms with van der Waals surface area (Å²) in [6.07, 6.45) is 1.63. The van der Waals surface area contributed by atoms with Crippen LogP contribution in [0.1, 0.15) is 16.1 Å². The number of hydrogen-bond donors (Lipinski definition) is 1. The molecule has 0 unspecified atom stereocenters. The van der Waals surface area contributed by atoms with Crippen molar-refractivity contribution in [2.75, 3.05) is 0 Å². The molecule has 0 saturated carbocycles. The number of hydrogen-bond acceptors (Lipinski definition) is 4. The van der Waals surface area contributed by atoms with Gasteiger partial charge in [0.1, 0.15) is 0 Å². The van der Waals surface area contributed by atoms with E-state index in [4.69, 9.17) is 0 Å². The van der Waals surface area contributed by atoms with E-state index in [0.717, 1.165) is 5.69 Å². The van der Waals surface area contributed by atoms with Crippen LogP contribution in [0.15, 0.2) is 34.9 Å². The minimum atomic E-state index is -0.537. The Morgan fingerprint density at radius 2 is 2.25 bits per heavy atom. The molecule has 0 aliphatic heterocycles. The maximum absolute atomic E-state index is 12.1. The van der Waals surface area contributed by atoms with Gasteiger partial charge in [0.25, 0.3) is 11.6 Å².